The Morgan fingerprint density at radius 1 is 1.18 bits per heavy atom. The van der Waals surface area contributed by atoms with Crippen molar-refractivity contribution < 1.29 is 4.74 Å². The fourth-order valence-electron chi connectivity index (χ4n) is 1.71. The summed E-state index contributed by atoms with van der Waals surface area (Å²) >= 11 is 0. The lowest BCUT2D eigenvalue weighted by molar-refractivity contribution is 0.304. The molecule has 3 heteroatoms. The molecule has 0 unspecified atom stereocenters. The van der Waals surface area contributed by atoms with Crippen LogP contribution in [-0.4, -0.2) is 18.6 Å². The van der Waals surface area contributed by atoms with Crippen LogP contribution in [-0.2, 0) is 0 Å². The molecule has 3 nitrogen and oxygen atoms in total. The van der Waals surface area contributed by atoms with Gasteiger partial charge >= 0.3 is 0 Å². The van der Waals surface area contributed by atoms with Gasteiger partial charge in [0.25, 0.3) is 0 Å². The van der Waals surface area contributed by atoms with Crippen LogP contribution in [0.25, 0.3) is 0 Å². The van der Waals surface area contributed by atoms with E-state index in [1.54, 1.807) is 6.20 Å². The Labute approximate surface area is 105 Å². The molecule has 0 spiro atoms. The monoisotopic (exact) mass is 236 g/mol. The third kappa shape index (κ3) is 6.15. The Morgan fingerprint density at radius 3 is 2.71 bits per heavy atom. The molecule has 0 fully saturated rings. The molecule has 0 bridgehead atoms. The summed E-state index contributed by atoms with van der Waals surface area (Å²) in [5.74, 6) is 1.75. The molecule has 0 aliphatic heterocycles. The van der Waals surface area contributed by atoms with Crippen molar-refractivity contribution in [3.63, 3.8) is 0 Å². The molecule has 0 atom stereocenters. The largest absolute Gasteiger partial charge is 0.493 e. The molecule has 1 aromatic heterocycles. The highest BCUT2D eigenvalue weighted by molar-refractivity contribution is 5.39. The van der Waals surface area contributed by atoms with Gasteiger partial charge < -0.3 is 10.1 Å². The first kappa shape index (κ1) is 13.8. The second kappa shape index (κ2) is 8.85. The molecule has 0 saturated heterocycles. The number of nitrogens with zero attached hydrogens (tertiary/aromatic N) is 1. The van der Waals surface area contributed by atoms with Crippen LogP contribution >= 0.6 is 0 Å². The number of nitrogens with one attached hydrogen (secondary N) is 1. The van der Waals surface area contributed by atoms with Gasteiger partial charge in [0.1, 0.15) is 11.6 Å². The molecule has 0 saturated carbocycles. The second-order valence-electron chi connectivity index (χ2n) is 4.24. The number of aromatic nitrogens is 1. The van der Waals surface area contributed by atoms with Gasteiger partial charge in [-0.2, -0.15) is 0 Å². The Hall–Kier alpha value is -1.25. The van der Waals surface area contributed by atoms with Crippen LogP contribution in [0.4, 0.5) is 5.82 Å². The average molecular weight is 236 g/mol. The molecule has 1 heterocycles. The minimum atomic E-state index is 0.805. The molecule has 17 heavy (non-hydrogen) atoms. The van der Waals surface area contributed by atoms with Gasteiger partial charge in [-0.25, -0.2) is 4.98 Å². The average Bonchev–Trinajstić information content (AvgIpc) is 2.38. The molecule has 96 valence electrons. The Morgan fingerprint density at radius 2 is 1.94 bits per heavy atom. The topological polar surface area (TPSA) is 34.1 Å². The standard InChI is InChI=1S/C14H24N2O/c1-3-4-5-6-7-8-11-17-13-9-10-16-14(12-13)15-2/h9-10,12H,3-8,11H2,1-2H3,(H,15,16). The van der Waals surface area contributed by atoms with Crippen molar-refractivity contribution in [2.45, 2.75) is 45.4 Å². The third-order valence-electron chi connectivity index (χ3n) is 2.75. The van der Waals surface area contributed by atoms with Crippen LogP contribution < -0.4 is 10.1 Å². The van der Waals surface area contributed by atoms with Crippen LogP contribution in [0.3, 0.4) is 0 Å². The van der Waals surface area contributed by atoms with Crippen LogP contribution in [0.1, 0.15) is 45.4 Å². The van der Waals surface area contributed by atoms with Gasteiger partial charge in [0, 0.05) is 19.3 Å². The lowest BCUT2D eigenvalue weighted by Gasteiger charge is -2.07. The van der Waals surface area contributed by atoms with Gasteiger partial charge in [-0.15, -0.1) is 0 Å². The number of hydrogen-bond acceptors (Lipinski definition) is 3. The minimum absolute atomic E-state index is 0.805. The smallest absolute Gasteiger partial charge is 0.129 e. The first-order valence-electron chi connectivity index (χ1n) is 6.63. The number of rotatable bonds is 9. The van der Waals surface area contributed by atoms with Crippen LogP contribution in [0.15, 0.2) is 18.3 Å². The van der Waals surface area contributed by atoms with E-state index >= 15 is 0 Å². The van der Waals surface area contributed by atoms with Crippen molar-refractivity contribution >= 4 is 5.82 Å². The van der Waals surface area contributed by atoms with Crippen LogP contribution in [0, 0.1) is 0 Å². The highest BCUT2D eigenvalue weighted by atomic mass is 16.5. The van der Waals surface area contributed by atoms with Gasteiger partial charge in [-0.05, 0) is 12.5 Å². The van der Waals surface area contributed by atoms with E-state index in [9.17, 15) is 0 Å². The summed E-state index contributed by atoms with van der Waals surface area (Å²) in [6.45, 7) is 3.05. The molecule has 0 aliphatic carbocycles. The number of hydrogen-bond donors (Lipinski definition) is 1. The van der Waals surface area contributed by atoms with Crippen molar-refractivity contribution in [1.29, 1.82) is 0 Å². The molecule has 1 N–H and O–H groups in total. The summed E-state index contributed by atoms with van der Waals surface area (Å²) in [5.41, 5.74) is 0. The van der Waals surface area contributed by atoms with Gasteiger partial charge in [0.2, 0.25) is 0 Å². The molecule has 0 aliphatic rings. The molecular formula is C14H24N2O. The van der Waals surface area contributed by atoms with Crippen LogP contribution in [0.5, 0.6) is 5.75 Å². The summed E-state index contributed by atoms with van der Waals surface area (Å²) in [4.78, 5) is 4.14. The van der Waals surface area contributed by atoms with Gasteiger partial charge in [-0.1, -0.05) is 39.0 Å². The van der Waals surface area contributed by atoms with E-state index in [0.717, 1.165) is 24.6 Å². The number of ether oxygens (including phenoxy) is 1. The van der Waals surface area contributed by atoms with E-state index in [0.29, 0.717) is 0 Å². The highest BCUT2D eigenvalue weighted by Gasteiger charge is 1.96. The summed E-state index contributed by atoms with van der Waals surface area (Å²) in [5, 5.41) is 3.00. The molecule has 0 radical (unpaired) electrons. The summed E-state index contributed by atoms with van der Waals surface area (Å²) < 4.78 is 5.68. The maximum atomic E-state index is 5.68. The van der Waals surface area contributed by atoms with Crippen molar-refractivity contribution in [2.24, 2.45) is 0 Å². The van der Waals surface area contributed by atoms with Crippen LogP contribution in [0.2, 0.25) is 0 Å². The molecule has 1 aromatic rings. The second-order valence-corrected chi connectivity index (χ2v) is 4.24. The van der Waals surface area contributed by atoms with E-state index in [4.69, 9.17) is 4.74 Å². The van der Waals surface area contributed by atoms with E-state index in [1.165, 1.54) is 32.1 Å². The Kier molecular flexibility index (Phi) is 7.19. The van der Waals surface area contributed by atoms with E-state index in [1.807, 2.05) is 19.2 Å². The number of anilines is 1. The zero-order chi connectivity index (χ0) is 12.3. The summed E-state index contributed by atoms with van der Waals surface area (Å²) in [7, 11) is 1.86. The van der Waals surface area contributed by atoms with E-state index in [-0.39, 0.29) is 0 Å². The quantitative estimate of drug-likeness (QED) is 0.661. The lowest BCUT2D eigenvalue weighted by Crippen LogP contribution is -1.99. The zero-order valence-electron chi connectivity index (χ0n) is 11.0. The maximum absolute atomic E-state index is 5.68. The van der Waals surface area contributed by atoms with Gasteiger partial charge in [0.05, 0.1) is 6.61 Å². The highest BCUT2D eigenvalue weighted by Crippen LogP contribution is 2.14. The van der Waals surface area contributed by atoms with Crippen molar-refractivity contribution in [1.82, 2.24) is 4.98 Å². The predicted octanol–water partition coefficient (Wildman–Crippen LogP) is 3.86. The lowest BCUT2D eigenvalue weighted by atomic mass is 10.1. The summed E-state index contributed by atoms with van der Waals surface area (Å²) in [6, 6.07) is 3.83. The first-order valence-corrected chi connectivity index (χ1v) is 6.63. The van der Waals surface area contributed by atoms with Crippen molar-refractivity contribution in [3.8, 4) is 5.75 Å². The zero-order valence-corrected chi connectivity index (χ0v) is 11.0. The Balaban J connectivity index is 2.09. The molecule has 0 aromatic carbocycles. The van der Waals surface area contributed by atoms with E-state index < -0.39 is 0 Å². The molecule has 1 rings (SSSR count). The minimum Gasteiger partial charge on any atom is -0.493 e. The van der Waals surface area contributed by atoms with Crippen molar-refractivity contribution in [2.75, 3.05) is 19.0 Å². The third-order valence-corrected chi connectivity index (χ3v) is 2.75. The molecule has 0 amide bonds. The summed E-state index contributed by atoms with van der Waals surface area (Å²) in [6.07, 6.45) is 9.52. The number of unbranched alkanes of at least 4 members (excludes halogenated alkanes) is 5. The maximum Gasteiger partial charge on any atom is 0.129 e. The SMILES string of the molecule is CCCCCCCCOc1ccnc(NC)c1. The normalized spacial score (nSPS) is 10.2. The fourth-order valence-corrected chi connectivity index (χ4v) is 1.71. The van der Waals surface area contributed by atoms with Crippen molar-refractivity contribution in [3.05, 3.63) is 18.3 Å². The van der Waals surface area contributed by atoms with Gasteiger partial charge in [-0.3, -0.25) is 0 Å². The molecular weight excluding hydrogens is 212 g/mol. The number of pyridine rings is 1. The Bertz CT molecular complexity index is 302. The first-order chi connectivity index (χ1) is 8.36. The predicted molar refractivity (Wildman–Crippen MR) is 72.7 cm³/mol. The van der Waals surface area contributed by atoms with Gasteiger partial charge in [0.15, 0.2) is 0 Å². The van der Waals surface area contributed by atoms with E-state index in [2.05, 4.69) is 17.2 Å². The fraction of sp³-hybridized carbons (Fsp3) is 0.643.